The number of aryl methyl sites for hydroxylation is 1. The Morgan fingerprint density at radius 3 is 2.93 bits per heavy atom. The Bertz CT molecular complexity index is 349. The molecule has 0 saturated carbocycles. The minimum Gasteiger partial charge on any atom is -0.384 e. The molecule has 14 heavy (non-hydrogen) atoms. The van der Waals surface area contributed by atoms with Gasteiger partial charge in [0.2, 0.25) is 0 Å². The van der Waals surface area contributed by atoms with Crippen molar-refractivity contribution in [3.8, 4) is 0 Å². The number of anilines is 1. The second kappa shape index (κ2) is 3.80. The van der Waals surface area contributed by atoms with Gasteiger partial charge in [-0.05, 0) is 43.2 Å². The van der Waals surface area contributed by atoms with E-state index >= 15 is 0 Å². The number of pyridine rings is 1. The zero-order chi connectivity index (χ0) is 9.97. The lowest BCUT2D eigenvalue weighted by atomic mass is 10.0. The summed E-state index contributed by atoms with van der Waals surface area (Å²) in [5, 5.41) is 3.28. The van der Waals surface area contributed by atoms with Gasteiger partial charge in [0.05, 0.1) is 5.69 Å². The van der Waals surface area contributed by atoms with E-state index in [0.29, 0.717) is 5.82 Å². The van der Waals surface area contributed by atoms with Crippen LogP contribution in [0.15, 0.2) is 18.2 Å². The van der Waals surface area contributed by atoms with Crippen molar-refractivity contribution in [2.24, 2.45) is 0 Å². The van der Waals surface area contributed by atoms with Gasteiger partial charge in [0.25, 0.3) is 0 Å². The Kier molecular flexibility index (Phi) is 2.50. The lowest BCUT2D eigenvalue weighted by Crippen LogP contribution is -2.20. The van der Waals surface area contributed by atoms with Gasteiger partial charge in [0, 0.05) is 6.54 Å². The van der Waals surface area contributed by atoms with Crippen molar-refractivity contribution in [3.05, 3.63) is 29.5 Å². The van der Waals surface area contributed by atoms with Crippen molar-refractivity contribution in [2.75, 3.05) is 18.8 Å². The maximum absolute atomic E-state index is 5.71. The number of nitrogens with two attached hydrogens (primary N) is 1. The maximum atomic E-state index is 5.71. The summed E-state index contributed by atoms with van der Waals surface area (Å²) in [6.07, 6.45) is 3.22. The fourth-order valence-electron chi connectivity index (χ4n) is 1.71. The van der Waals surface area contributed by atoms with Crippen LogP contribution >= 0.6 is 0 Å². The Hall–Kier alpha value is -1.35. The molecule has 1 aliphatic rings. The van der Waals surface area contributed by atoms with E-state index in [-0.39, 0.29) is 0 Å². The molecule has 0 spiro atoms. The van der Waals surface area contributed by atoms with Crippen molar-refractivity contribution in [1.29, 1.82) is 0 Å². The number of nitrogens with one attached hydrogen (secondary N) is 1. The van der Waals surface area contributed by atoms with Crippen LogP contribution in [0.4, 0.5) is 5.82 Å². The maximum Gasteiger partial charge on any atom is 0.124 e. The highest BCUT2D eigenvalue weighted by atomic mass is 14.9. The van der Waals surface area contributed by atoms with E-state index in [1.807, 2.05) is 13.0 Å². The first-order chi connectivity index (χ1) is 6.75. The first-order valence-corrected chi connectivity index (χ1v) is 4.90. The van der Waals surface area contributed by atoms with E-state index in [1.54, 1.807) is 0 Å². The van der Waals surface area contributed by atoms with Crippen LogP contribution in [0.2, 0.25) is 0 Å². The molecule has 3 heteroatoms. The zero-order valence-corrected chi connectivity index (χ0v) is 8.38. The van der Waals surface area contributed by atoms with Gasteiger partial charge in [0.1, 0.15) is 5.82 Å². The van der Waals surface area contributed by atoms with Crippen molar-refractivity contribution < 1.29 is 0 Å². The Morgan fingerprint density at radius 1 is 1.43 bits per heavy atom. The Morgan fingerprint density at radius 2 is 2.29 bits per heavy atom. The summed E-state index contributed by atoms with van der Waals surface area (Å²) in [5.41, 5.74) is 9.22. The molecule has 3 nitrogen and oxygen atoms in total. The van der Waals surface area contributed by atoms with Crippen molar-refractivity contribution in [1.82, 2.24) is 10.3 Å². The number of aromatic nitrogens is 1. The molecule has 74 valence electrons. The van der Waals surface area contributed by atoms with Crippen LogP contribution in [0, 0.1) is 6.92 Å². The summed E-state index contributed by atoms with van der Waals surface area (Å²) in [7, 11) is 0. The third-order valence-corrected chi connectivity index (χ3v) is 2.38. The largest absolute Gasteiger partial charge is 0.384 e. The third kappa shape index (κ3) is 1.93. The number of rotatable bonds is 1. The SMILES string of the molecule is Cc1cc(N)nc(C2=CCNCC2)c1. The van der Waals surface area contributed by atoms with E-state index in [0.717, 1.165) is 25.2 Å². The highest BCUT2D eigenvalue weighted by Gasteiger charge is 2.07. The molecule has 0 atom stereocenters. The number of nitrogens with zero attached hydrogens (tertiary/aromatic N) is 1. The predicted octanol–water partition coefficient (Wildman–Crippen LogP) is 1.35. The topological polar surface area (TPSA) is 50.9 Å². The number of hydrogen-bond acceptors (Lipinski definition) is 3. The zero-order valence-electron chi connectivity index (χ0n) is 8.38. The van der Waals surface area contributed by atoms with Crippen molar-refractivity contribution >= 4 is 11.4 Å². The molecule has 0 amide bonds. The van der Waals surface area contributed by atoms with Crippen LogP contribution in [-0.4, -0.2) is 18.1 Å². The molecule has 0 bridgehead atoms. The summed E-state index contributed by atoms with van der Waals surface area (Å²) in [6.45, 7) is 4.01. The molecule has 2 heterocycles. The summed E-state index contributed by atoms with van der Waals surface area (Å²) in [6, 6.07) is 3.98. The minimum absolute atomic E-state index is 0.611. The second-order valence-electron chi connectivity index (χ2n) is 3.64. The molecule has 0 radical (unpaired) electrons. The van der Waals surface area contributed by atoms with Gasteiger partial charge >= 0.3 is 0 Å². The predicted molar refractivity (Wildman–Crippen MR) is 58.9 cm³/mol. The molecule has 1 aromatic rings. The average Bonchev–Trinajstić information content (AvgIpc) is 2.18. The van der Waals surface area contributed by atoms with E-state index in [9.17, 15) is 0 Å². The molecule has 3 N–H and O–H groups in total. The van der Waals surface area contributed by atoms with Gasteiger partial charge in [-0.1, -0.05) is 6.08 Å². The Balaban J connectivity index is 2.35. The van der Waals surface area contributed by atoms with Crippen molar-refractivity contribution in [2.45, 2.75) is 13.3 Å². The molecule has 0 unspecified atom stereocenters. The standard InChI is InChI=1S/C11H15N3/c1-8-6-10(14-11(12)7-8)9-2-4-13-5-3-9/h2,6-7,13H,3-5H2,1H3,(H2,12,14). The smallest absolute Gasteiger partial charge is 0.124 e. The molecule has 0 saturated heterocycles. The van der Waals surface area contributed by atoms with E-state index in [4.69, 9.17) is 5.73 Å². The second-order valence-corrected chi connectivity index (χ2v) is 3.64. The first kappa shape index (κ1) is 9.21. The van der Waals surface area contributed by atoms with Gasteiger partial charge in [-0.25, -0.2) is 4.98 Å². The fraction of sp³-hybridized carbons (Fsp3) is 0.364. The molecule has 0 aromatic carbocycles. The van der Waals surface area contributed by atoms with Crippen LogP contribution in [0.5, 0.6) is 0 Å². The van der Waals surface area contributed by atoms with Crippen LogP contribution in [-0.2, 0) is 0 Å². The average molecular weight is 189 g/mol. The van der Waals surface area contributed by atoms with Crippen LogP contribution in [0.3, 0.4) is 0 Å². The fourth-order valence-corrected chi connectivity index (χ4v) is 1.71. The van der Waals surface area contributed by atoms with Gasteiger partial charge in [-0.15, -0.1) is 0 Å². The van der Waals surface area contributed by atoms with E-state index < -0.39 is 0 Å². The van der Waals surface area contributed by atoms with Gasteiger partial charge in [0.15, 0.2) is 0 Å². The number of hydrogen-bond donors (Lipinski definition) is 2. The van der Waals surface area contributed by atoms with E-state index in [1.165, 1.54) is 11.1 Å². The highest BCUT2D eigenvalue weighted by Crippen LogP contribution is 2.19. The monoisotopic (exact) mass is 189 g/mol. The molecule has 0 fully saturated rings. The molecule has 2 rings (SSSR count). The summed E-state index contributed by atoms with van der Waals surface area (Å²) in [4.78, 5) is 4.34. The normalized spacial score (nSPS) is 16.5. The minimum atomic E-state index is 0.611. The molecule has 1 aromatic heterocycles. The van der Waals surface area contributed by atoms with Crippen LogP contribution < -0.4 is 11.1 Å². The molecular weight excluding hydrogens is 174 g/mol. The summed E-state index contributed by atoms with van der Waals surface area (Å²) >= 11 is 0. The highest BCUT2D eigenvalue weighted by molar-refractivity contribution is 5.65. The van der Waals surface area contributed by atoms with E-state index in [2.05, 4.69) is 22.4 Å². The lowest BCUT2D eigenvalue weighted by Gasteiger charge is -2.14. The molecule has 1 aliphatic heterocycles. The van der Waals surface area contributed by atoms with Gasteiger partial charge < -0.3 is 11.1 Å². The number of nitrogen functional groups attached to an aromatic ring is 1. The third-order valence-electron chi connectivity index (χ3n) is 2.38. The summed E-state index contributed by atoms with van der Waals surface area (Å²) < 4.78 is 0. The Labute approximate surface area is 84.0 Å². The summed E-state index contributed by atoms with van der Waals surface area (Å²) in [5.74, 6) is 0.611. The first-order valence-electron chi connectivity index (χ1n) is 4.90. The van der Waals surface area contributed by atoms with Crippen molar-refractivity contribution in [3.63, 3.8) is 0 Å². The van der Waals surface area contributed by atoms with Gasteiger partial charge in [-0.2, -0.15) is 0 Å². The van der Waals surface area contributed by atoms with Crippen LogP contribution in [0.1, 0.15) is 17.7 Å². The van der Waals surface area contributed by atoms with Gasteiger partial charge in [-0.3, -0.25) is 0 Å². The van der Waals surface area contributed by atoms with Crippen LogP contribution in [0.25, 0.3) is 5.57 Å². The lowest BCUT2D eigenvalue weighted by molar-refractivity contribution is 0.737. The molecular formula is C11H15N3. The quantitative estimate of drug-likeness (QED) is 0.701. The molecule has 0 aliphatic carbocycles.